The monoisotopic (exact) mass is 342 g/mol. The zero-order valence-corrected chi connectivity index (χ0v) is 13.5. The van der Waals surface area contributed by atoms with Crippen LogP contribution in [0.4, 0.5) is 0 Å². The van der Waals surface area contributed by atoms with Gasteiger partial charge < -0.3 is 10.2 Å². The smallest absolute Gasteiger partial charge is 0.265 e. The first-order valence-electron chi connectivity index (χ1n) is 6.39. The van der Waals surface area contributed by atoms with Crippen molar-refractivity contribution in [1.29, 1.82) is 0 Å². The molecule has 1 aromatic heterocycles. The average Bonchev–Trinajstić information content (AvgIpc) is 2.73. The van der Waals surface area contributed by atoms with Gasteiger partial charge in [0.05, 0.1) is 10.9 Å². The number of fused-ring (bicyclic) bond motifs is 1. The molecule has 3 rings (SSSR count). The summed E-state index contributed by atoms with van der Waals surface area (Å²) in [5.41, 5.74) is 0. The molecule has 1 aliphatic heterocycles. The molecular weight excluding hydrogens is 331 g/mol. The van der Waals surface area contributed by atoms with Crippen LogP contribution in [-0.2, 0) is 4.79 Å². The number of hydrogen-bond acceptors (Lipinski definition) is 3. The maximum absolute atomic E-state index is 12.4. The van der Waals surface area contributed by atoms with Crippen molar-refractivity contribution in [2.45, 2.75) is 0 Å². The Kier molecular flexibility index (Phi) is 3.82. The van der Waals surface area contributed by atoms with Gasteiger partial charge in [-0.15, -0.1) is 11.3 Å². The highest BCUT2D eigenvalue weighted by Crippen LogP contribution is 2.38. The molecule has 1 fully saturated rings. The molecule has 2 amide bonds. The van der Waals surface area contributed by atoms with Crippen molar-refractivity contribution in [3.63, 3.8) is 0 Å². The lowest BCUT2D eigenvalue weighted by molar-refractivity contribution is -0.128. The summed E-state index contributed by atoms with van der Waals surface area (Å²) in [5.74, 6) is -0.285. The molecule has 0 radical (unpaired) electrons. The maximum atomic E-state index is 12.4. The van der Waals surface area contributed by atoms with Gasteiger partial charge in [0.2, 0.25) is 5.91 Å². The minimum absolute atomic E-state index is 0.0340. The first kappa shape index (κ1) is 14.6. The summed E-state index contributed by atoms with van der Waals surface area (Å²) < 4.78 is 0.888. The molecule has 110 valence electrons. The van der Waals surface area contributed by atoms with Gasteiger partial charge in [0.15, 0.2) is 0 Å². The van der Waals surface area contributed by atoms with Gasteiger partial charge in [0.25, 0.3) is 5.91 Å². The average molecular weight is 343 g/mol. The molecule has 1 aliphatic rings. The van der Waals surface area contributed by atoms with Gasteiger partial charge >= 0.3 is 0 Å². The molecule has 0 bridgehead atoms. The van der Waals surface area contributed by atoms with E-state index < -0.39 is 0 Å². The molecule has 1 aromatic carbocycles. The summed E-state index contributed by atoms with van der Waals surface area (Å²) >= 11 is 13.6. The van der Waals surface area contributed by atoms with E-state index in [1.165, 1.54) is 11.3 Å². The first-order valence-corrected chi connectivity index (χ1v) is 7.97. The van der Waals surface area contributed by atoms with E-state index in [2.05, 4.69) is 5.32 Å². The molecule has 4 nitrogen and oxygen atoms in total. The molecule has 2 heterocycles. The van der Waals surface area contributed by atoms with Crippen molar-refractivity contribution in [3.05, 3.63) is 33.1 Å². The van der Waals surface area contributed by atoms with E-state index in [9.17, 15) is 9.59 Å². The van der Waals surface area contributed by atoms with Gasteiger partial charge in [-0.2, -0.15) is 0 Å². The number of benzene rings is 1. The molecular formula is C14H12Cl2N2O2S. The SMILES string of the molecule is CNC(=O)C1CN(C(=O)c2sc3cc(Cl)ccc3c2Cl)C1. The summed E-state index contributed by atoms with van der Waals surface area (Å²) in [4.78, 5) is 26.0. The van der Waals surface area contributed by atoms with E-state index in [0.717, 1.165) is 10.1 Å². The lowest BCUT2D eigenvalue weighted by atomic mass is 9.99. The molecule has 0 aliphatic carbocycles. The van der Waals surface area contributed by atoms with Crippen LogP contribution in [-0.4, -0.2) is 36.9 Å². The minimum atomic E-state index is -0.127. The third kappa shape index (κ3) is 2.50. The van der Waals surface area contributed by atoms with Crippen LogP contribution in [0.3, 0.4) is 0 Å². The van der Waals surface area contributed by atoms with E-state index in [1.54, 1.807) is 24.1 Å². The summed E-state index contributed by atoms with van der Waals surface area (Å²) in [6, 6.07) is 5.37. The Bertz CT molecular complexity index is 738. The van der Waals surface area contributed by atoms with Gasteiger partial charge in [-0.05, 0) is 12.1 Å². The third-order valence-electron chi connectivity index (χ3n) is 3.57. The van der Waals surface area contributed by atoms with Crippen LogP contribution >= 0.6 is 34.5 Å². The Hall–Kier alpha value is -1.30. The number of nitrogens with zero attached hydrogens (tertiary/aromatic N) is 1. The predicted octanol–water partition coefficient (Wildman–Crippen LogP) is 3.03. The van der Waals surface area contributed by atoms with Gasteiger partial charge in [-0.1, -0.05) is 29.3 Å². The molecule has 7 heteroatoms. The number of carbonyl (C=O) groups is 2. The summed E-state index contributed by atoms with van der Waals surface area (Å²) in [6.07, 6.45) is 0. The Morgan fingerprint density at radius 2 is 2.05 bits per heavy atom. The van der Waals surface area contributed by atoms with E-state index in [4.69, 9.17) is 23.2 Å². The van der Waals surface area contributed by atoms with Crippen molar-refractivity contribution in [2.24, 2.45) is 5.92 Å². The molecule has 0 saturated carbocycles. The Balaban J connectivity index is 1.83. The van der Waals surface area contributed by atoms with Crippen LogP contribution in [0.1, 0.15) is 9.67 Å². The highest BCUT2D eigenvalue weighted by molar-refractivity contribution is 7.21. The fraction of sp³-hybridized carbons (Fsp3) is 0.286. The quantitative estimate of drug-likeness (QED) is 0.911. The van der Waals surface area contributed by atoms with Crippen molar-refractivity contribution in [2.75, 3.05) is 20.1 Å². The number of amides is 2. The van der Waals surface area contributed by atoms with Crippen molar-refractivity contribution in [3.8, 4) is 0 Å². The zero-order chi connectivity index (χ0) is 15.1. The van der Waals surface area contributed by atoms with Crippen LogP contribution in [0.2, 0.25) is 10.0 Å². The number of thiophene rings is 1. The molecule has 2 aromatic rings. The van der Waals surface area contributed by atoms with E-state index in [-0.39, 0.29) is 17.7 Å². The molecule has 0 unspecified atom stereocenters. The second kappa shape index (κ2) is 5.48. The standard InChI is InChI=1S/C14H12Cl2N2O2S/c1-17-13(19)7-5-18(6-7)14(20)12-11(16)9-3-2-8(15)4-10(9)21-12/h2-4,7H,5-6H2,1H3,(H,17,19). The summed E-state index contributed by atoms with van der Waals surface area (Å²) in [6.45, 7) is 0.869. The predicted molar refractivity (Wildman–Crippen MR) is 85.3 cm³/mol. The highest BCUT2D eigenvalue weighted by Gasteiger charge is 2.36. The fourth-order valence-corrected chi connectivity index (χ4v) is 4.09. The second-order valence-electron chi connectivity index (χ2n) is 4.91. The third-order valence-corrected chi connectivity index (χ3v) is 5.45. The van der Waals surface area contributed by atoms with Crippen molar-refractivity contribution >= 4 is 56.4 Å². The number of likely N-dealkylation sites (tertiary alicyclic amines) is 1. The lowest BCUT2D eigenvalue weighted by Gasteiger charge is -2.37. The largest absolute Gasteiger partial charge is 0.359 e. The van der Waals surface area contributed by atoms with Crippen LogP contribution in [0.15, 0.2) is 18.2 Å². The summed E-state index contributed by atoms with van der Waals surface area (Å²) in [7, 11) is 1.60. The van der Waals surface area contributed by atoms with Crippen LogP contribution in [0, 0.1) is 5.92 Å². The second-order valence-corrected chi connectivity index (χ2v) is 6.77. The van der Waals surface area contributed by atoms with E-state index >= 15 is 0 Å². The van der Waals surface area contributed by atoms with Crippen molar-refractivity contribution < 1.29 is 9.59 Å². The fourth-order valence-electron chi connectivity index (χ4n) is 2.33. The Morgan fingerprint density at radius 3 is 2.71 bits per heavy atom. The minimum Gasteiger partial charge on any atom is -0.359 e. The Labute approximate surface area is 135 Å². The molecule has 1 N–H and O–H groups in total. The van der Waals surface area contributed by atoms with Gasteiger partial charge in [0.1, 0.15) is 4.88 Å². The zero-order valence-electron chi connectivity index (χ0n) is 11.2. The molecule has 1 saturated heterocycles. The van der Waals surface area contributed by atoms with Crippen LogP contribution in [0.25, 0.3) is 10.1 Å². The number of carbonyl (C=O) groups excluding carboxylic acids is 2. The maximum Gasteiger partial charge on any atom is 0.265 e. The van der Waals surface area contributed by atoms with Crippen LogP contribution in [0.5, 0.6) is 0 Å². The number of nitrogens with one attached hydrogen (secondary N) is 1. The number of hydrogen-bond donors (Lipinski definition) is 1. The van der Waals surface area contributed by atoms with Crippen molar-refractivity contribution in [1.82, 2.24) is 10.2 Å². The first-order chi connectivity index (χ1) is 10.0. The number of halogens is 2. The topological polar surface area (TPSA) is 49.4 Å². The lowest BCUT2D eigenvalue weighted by Crippen LogP contribution is -2.55. The summed E-state index contributed by atoms with van der Waals surface area (Å²) in [5, 5.41) is 4.49. The molecule has 21 heavy (non-hydrogen) atoms. The normalized spacial score (nSPS) is 15.1. The van der Waals surface area contributed by atoms with E-state index in [1.807, 2.05) is 6.07 Å². The van der Waals surface area contributed by atoms with Gasteiger partial charge in [0, 0.05) is 35.2 Å². The van der Waals surface area contributed by atoms with Gasteiger partial charge in [-0.3, -0.25) is 9.59 Å². The number of rotatable bonds is 2. The van der Waals surface area contributed by atoms with E-state index in [0.29, 0.717) is 28.0 Å². The van der Waals surface area contributed by atoms with Gasteiger partial charge in [-0.25, -0.2) is 0 Å². The van der Waals surface area contributed by atoms with Crippen LogP contribution < -0.4 is 5.32 Å². The highest BCUT2D eigenvalue weighted by atomic mass is 35.5. The Morgan fingerprint density at radius 1 is 1.33 bits per heavy atom. The molecule has 0 atom stereocenters. The molecule has 0 spiro atoms.